The van der Waals surface area contributed by atoms with E-state index in [1.165, 1.54) is 5.56 Å². The lowest BCUT2D eigenvalue weighted by Gasteiger charge is -2.40. The number of unbranched alkanes of at least 4 members (excludes halogenated alkanes) is 1. The lowest BCUT2D eigenvalue weighted by molar-refractivity contribution is 0.0787. The van der Waals surface area contributed by atoms with E-state index in [9.17, 15) is 5.11 Å². The maximum absolute atomic E-state index is 11.4. The molecule has 2 heterocycles. The first kappa shape index (κ1) is 18.6. The predicted molar refractivity (Wildman–Crippen MR) is 108 cm³/mol. The van der Waals surface area contributed by atoms with Crippen molar-refractivity contribution in [1.29, 1.82) is 0 Å². The highest BCUT2D eigenvalue weighted by molar-refractivity contribution is 5.58. The van der Waals surface area contributed by atoms with Crippen molar-refractivity contribution in [2.45, 2.75) is 44.4 Å². The topological polar surface area (TPSA) is 60.4 Å². The Labute approximate surface area is 170 Å². The van der Waals surface area contributed by atoms with Gasteiger partial charge in [0.15, 0.2) is 23.0 Å². The van der Waals surface area contributed by atoms with Crippen molar-refractivity contribution in [1.82, 2.24) is 4.90 Å². The quantitative estimate of drug-likeness (QED) is 0.825. The monoisotopic (exact) mass is 397 g/mol. The number of benzene rings is 2. The van der Waals surface area contributed by atoms with Gasteiger partial charge in [0.25, 0.3) is 0 Å². The van der Waals surface area contributed by atoms with Crippen LogP contribution in [-0.2, 0) is 6.54 Å². The number of hydrogen-bond donors (Lipinski definition) is 1. The molecule has 0 saturated carbocycles. The van der Waals surface area contributed by atoms with Gasteiger partial charge in [-0.05, 0) is 59.5 Å². The SMILES string of the molecule is CCCCN1Cc2cc(OC)c(OC)cc2[C@@H]2[C@H]1c1cc3c(cc1[C@@H]2O)OCO3. The van der Waals surface area contributed by atoms with Gasteiger partial charge in [-0.15, -0.1) is 0 Å². The molecule has 2 aliphatic heterocycles. The normalized spacial score (nSPS) is 24.1. The second-order valence-corrected chi connectivity index (χ2v) is 7.98. The first-order chi connectivity index (χ1) is 14.2. The van der Waals surface area contributed by atoms with Crippen molar-refractivity contribution < 1.29 is 24.1 Å². The van der Waals surface area contributed by atoms with Crippen molar-refractivity contribution in [3.8, 4) is 23.0 Å². The first-order valence-electron chi connectivity index (χ1n) is 10.3. The van der Waals surface area contributed by atoms with Gasteiger partial charge in [-0.25, -0.2) is 0 Å². The molecule has 6 nitrogen and oxygen atoms in total. The van der Waals surface area contributed by atoms with E-state index in [1.807, 2.05) is 12.1 Å². The Morgan fingerprint density at radius 3 is 2.38 bits per heavy atom. The predicted octanol–water partition coefficient (Wildman–Crippen LogP) is 3.92. The molecule has 1 N–H and O–H groups in total. The van der Waals surface area contributed by atoms with Crippen LogP contribution in [0.2, 0.25) is 0 Å². The third-order valence-electron chi connectivity index (χ3n) is 6.47. The van der Waals surface area contributed by atoms with Crippen LogP contribution >= 0.6 is 0 Å². The van der Waals surface area contributed by atoms with Crippen LogP contribution in [0, 0.1) is 0 Å². The van der Waals surface area contributed by atoms with Gasteiger partial charge in [0.1, 0.15) is 0 Å². The number of aliphatic hydroxyl groups is 1. The maximum Gasteiger partial charge on any atom is 0.231 e. The Hall–Kier alpha value is -2.44. The molecule has 0 amide bonds. The Kier molecular flexibility index (Phi) is 4.56. The molecular weight excluding hydrogens is 370 g/mol. The summed E-state index contributed by atoms with van der Waals surface area (Å²) in [5, 5.41) is 11.4. The third-order valence-corrected chi connectivity index (χ3v) is 6.47. The van der Waals surface area contributed by atoms with Crippen LogP contribution in [0.25, 0.3) is 0 Å². The van der Waals surface area contributed by atoms with Gasteiger partial charge >= 0.3 is 0 Å². The second-order valence-electron chi connectivity index (χ2n) is 7.98. The van der Waals surface area contributed by atoms with Crippen LogP contribution in [0.4, 0.5) is 0 Å². The first-order valence-corrected chi connectivity index (χ1v) is 10.3. The fourth-order valence-corrected chi connectivity index (χ4v) is 5.09. The fourth-order valence-electron chi connectivity index (χ4n) is 5.09. The lowest BCUT2D eigenvalue weighted by Crippen LogP contribution is -2.36. The summed E-state index contributed by atoms with van der Waals surface area (Å²) in [6, 6.07) is 8.23. The summed E-state index contributed by atoms with van der Waals surface area (Å²) in [6.45, 7) is 4.24. The lowest BCUT2D eigenvalue weighted by atomic mass is 9.82. The molecule has 29 heavy (non-hydrogen) atoms. The van der Waals surface area contributed by atoms with Gasteiger partial charge < -0.3 is 24.1 Å². The molecule has 1 aliphatic carbocycles. The van der Waals surface area contributed by atoms with Gasteiger partial charge in [0, 0.05) is 18.5 Å². The summed E-state index contributed by atoms with van der Waals surface area (Å²) in [6.07, 6.45) is 1.64. The summed E-state index contributed by atoms with van der Waals surface area (Å²) in [7, 11) is 3.31. The largest absolute Gasteiger partial charge is 0.493 e. The Balaban J connectivity index is 1.65. The summed E-state index contributed by atoms with van der Waals surface area (Å²) < 4.78 is 22.3. The zero-order valence-electron chi connectivity index (χ0n) is 17.1. The molecule has 3 aliphatic rings. The van der Waals surface area contributed by atoms with Crippen molar-refractivity contribution in [2.75, 3.05) is 27.6 Å². The smallest absolute Gasteiger partial charge is 0.231 e. The minimum Gasteiger partial charge on any atom is -0.493 e. The molecule has 3 atom stereocenters. The van der Waals surface area contributed by atoms with Crippen molar-refractivity contribution >= 4 is 0 Å². The molecule has 0 fully saturated rings. The molecule has 5 rings (SSSR count). The highest BCUT2D eigenvalue weighted by Gasteiger charge is 2.48. The molecule has 0 spiro atoms. The zero-order valence-corrected chi connectivity index (χ0v) is 17.1. The molecule has 2 aromatic rings. The van der Waals surface area contributed by atoms with Crippen LogP contribution in [0.5, 0.6) is 23.0 Å². The number of ether oxygens (including phenoxy) is 4. The molecule has 0 aromatic heterocycles. The van der Waals surface area contributed by atoms with Crippen LogP contribution in [0.1, 0.15) is 60.1 Å². The summed E-state index contributed by atoms with van der Waals surface area (Å²) in [5.74, 6) is 2.85. The standard InChI is InChI=1S/C23H27NO5/c1-4-5-6-24-11-13-7-17(26-2)18(27-3)8-14(13)21-22(24)15-9-19-20(29-12-28-19)10-16(15)23(21)25/h7-10,21-23,25H,4-6,11-12H2,1-3H3/t21-,22-,23+/m1/s1. The average Bonchev–Trinajstić information content (AvgIpc) is 3.32. The van der Waals surface area contributed by atoms with E-state index in [2.05, 4.69) is 24.0 Å². The average molecular weight is 397 g/mol. The number of fused-ring (bicyclic) bond motifs is 6. The summed E-state index contributed by atoms with van der Waals surface area (Å²) >= 11 is 0. The molecule has 0 bridgehead atoms. The summed E-state index contributed by atoms with van der Waals surface area (Å²) in [5.41, 5.74) is 4.40. The minimum atomic E-state index is -0.606. The highest BCUT2D eigenvalue weighted by atomic mass is 16.7. The molecule has 0 saturated heterocycles. The third kappa shape index (κ3) is 2.77. The van der Waals surface area contributed by atoms with Gasteiger partial charge in [-0.2, -0.15) is 0 Å². The number of nitrogens with zero attached hydrogens (tertiary/aromatic N) is 1. The second kappa shape index (κ2) is 7.11. The highest BCUT2D eigenvalue weighted by Crippen LogP contribution is 2.58. The molecule has 6 heteroatoms. The van der Waals surface area contributed by atoms with E-state index in [4.69, 9.17) is 18.9 Å². The Bertz CT molecular complexity index is 943. The van der Waals surface area contributed by atoms with Crippen LogP contribution in [-0.4, -0.2) is 37.6 Å². The molecule has 154 valence electrons. The molecule has 0 unspecified atom stereocenters. The van der Waals surface area contributed by atoms with Gasteiger partial charge in [0.05, 0.1) is 20.3 Å². The van der Waals surface area contributed by atoms with E-state index in [0.29, 0.717) is 11.5 Å². The maximum atomic E-state index is 11.4. The Morgan fingerprint density at radius 1 is 1.00 bits per heavy atom. The Morgan fingerprint density at radius 2 is 1.69 bits per heavy atom. The van der Waals surface area contributed by atoms with Crippen molar-refractivity contribution in [3.05, 3.63) is 46.5 Å². The number of aliphatic hydroxyl groups excluding tert-OH is 1. The van der Waals surface area contributed by atoms with E-state index in [-0.39, 0.29) is 18.8 Å². The van der Waals surface area contributed by atoms with Crippen molar-refractivity contribution in [3.63, 3.8) is 0 Å². The fraction of sp³-hybridized carbons (Fsp3) is 0.478. The molecular formula is C23H27NO5. The van der Waals surface area contributed by atoms with Crippen molar-refractivity contribution in [2.24, 2.45) is 0 Å². The zero-order chi connectivity index (χ0) is 20.1. The van der Waals surface area contributed by atoms with Gasteiger partial charge in [-0.1, -0.05) is 13.3 Å². The molecule has 0 radical (unpaired) electrons. The summed E-state index contributed by atoms with van der Waals surface area (Å²) in [4.78, 5) is 2.49. The van der Waals surface area contributed by atoms with Crippen LogP contribution < -0.4 is 18.9 Å². The number of methoxy groups -OCH3 is 2. The van der Waals surface area contributed by atoms with E-state index >= 15 is 0 Å². The van der Waals surface area contributed by atoms with E-state index < -0.39 is 6.10 Å². The molecule has 2 aromatic carbocycles. The van der Waals surface area contributed by atoms with E-state index in [0.717, 1.165) is 54.1 Å². The van der Waals surface area contributed by atoms with Crippen LogP contribution in [0.3, 0.4) is 0 Å². The number of rotatable bonds is 5. The number of hydrogen-bond acceptors (Lipinski definition) is 6. The van der Waals surface area contributed by atoms with E-state index in [1.54, 1.807) is 14.2 Å². The van der Waals surface area contributed by atoms with Crippen LogP contribution in [0.15, 0.2) is 24.3 Å². The minimum absolute atomic E-state index is 0.0621. The van der Waals surface area contributed by atoms with Gasteiger partial charge in [0.2, 0.25) is 6.79 Å². The van der Waals surface area contributed by atoms with Gasteiger partial charge in [-0.3, -0.25) is 4.90 Å².